The lowest BCUT2D eigenvalue weighted by atomic mass is 10.1. The number of fused-ring (bicyclic) bond motifs is 10. The first kappa shape index (κ1) is 62.7. The molecule has 0 spiro atoms. The van der Waals surface area contributed by atoms with Crippen molar-refractivity contribution in [3.05, 3.63) is 64.6 Å². The number of aromatic nitrogens is 15. The van der Waals surface area contributed by atoms with Gasteiger partial charge in [0.1, 0.15) is 85.1 Å². The minimum absolute atomic E-state index is 0.0128. The normalized spacial score (nSPS) is 37.7. The average Bonchev–Trinajstić information content (AvgIpc) is 1.76. The number of rotatable bonds is 4. The number of nitrogens with two attached hydrogens (primary N) is 4. The van der Waals surface area contributed by atoms with Gasteiger partial charge in [-0.05, 0) is 6.07 Å². The topological polar surface area (TPSA) is 571 Å². The number of halogens is 2. The lowest BCUT2D eigenvalue weighted by molar-refractivity contribution is -0.218. The predicted octanol–water partition coefficient (Wildman–Crippen LogP) is -2.08. The van der Waals surface area contributed by atoms with Crippen LogP contribution in [0.4, 0.5) is 32.2 Å². The predicted molar refractivity (Wildman–Crippen MR) is 296 cm³/mol. The molecule has 8 aromatic heterocycles. The molecule has 0 aromatic carbocycles. The first-order valence-corrected chi connectivity index (χ1v) is 34.0. The molecule has 14 N–H and O–H groups in total. The summed E-state index contributed by atoms with van der Waals surface area (Å²) >= 11 is 10.1. The second-order valence-electron chi connectivity index (χ2n) is 20.3. The second kappa shape index (κ2) is 23.5. The molecule has 0 aliphatic carbocycles. The van der Waals surface area contributed by atoms with E-state index in [1.54, 1.807) is 0 Å². The van der Waals surface area contributed by atoms with Crippen LogP contribution in [0.2, 0.25) is 0 Å². The lowest BCUT2D eigenvalue weighted by Gasteiger charge is -2.34. The number of pyridine rings is 1. The SMILES string of the molecule is Nc1nc2c(ncn2[C@@H]2O[C@@H]3COP(=O)(O)OC4[C@@H](COP(=O)([S-])OC2[C@H]3O)O[C@@H](n2cnc3c(N)ncnc32)[C@H]4F)c(=O)[nH]1.Nc1nc2c(ncn2[C@@H]2O[C@@H]3COP(=O)(O)OC4[C@@H](COP([O-])(=S)OC2[C@H]3O)O[C@@H](n2cnc3c(N)ccnc32)[C@H]4F)c(=O)[nH]1. The van der Waals surface area contributed by atoms with Crippen molar-refractivity contribution in [2.75, 3.05) is 49.4 Å². The number of hydrogen-bond donors (Lipinski definition) is 10. The highest BCUT2D eigenvalue weighted by molar-refractivity contribution is 8.32. The highest BCUT2D eigenvalue weighted by Gasteiger charge is 2.56. The van der Waals surface area contributed by atoms with Gasteiger partial charge in [-0.15, -0.1) is 0 Å². The van der Waals surface area contributed by atoms with Crippen molar-refractivity contribution < 1.29 is 103 Å². The van der Waals surface area contributed by atoms with Gasteiger partial charge >= 0.3 is 15.6 Å². The van der Waals surface area contributed by atoms with Crippen LogP contribution in [0.25, 0.3) is 44.7 Å². The Morgan fingerprint density at radius 2 is 1.00 bits per heavy atom. The molecule has 0 radical (unpaired) electrons. The Labute approximate surface area is 507 Å². The van der Waals surface area contributed by atoms with E-state index in [9.17, 15) is 48.2 Å². The zero-order valence-corrected chi connectivity index (χ0v) is 49.9. The number of phosphoric ester groups is 2. The van der Waals surface area contributed by atoms with E-state index >= 15 is 8.78 Å². The maximum Gasteiger partial charge on any atom is 0.472 e. The van der Waals surface area contributed by atoms with Gasteiger partial charge in [0, 0.05) is 6.20 Å². The summed E-state index contributed by atoms with van der Waals surface area (Å²) in [7, 11) is -10.2. The fraction of sp³-hybridized carbons (Fsp3) is 0.488. The third-order valence-electron chi connectivity index (χ3n) is 14.6. The molecular formula is C41H45F2N19O22P4S2-2. The van der Waals surface area contributed by atoms with Gasteiger partial charge in [0.25, 0.3) is 11.1 Å². The van der Waals surface area contributed by atoms with Crippen LogP contribution in [0.1, 0.15) is 24.9 Å². The largest absolute Gasteiger partial charge is 0.780 e. The maximum absolute atomic E-state index is 15.9. The Bertz CT molecular complexity index is 4160. The number of imidazole rings is 4. The molecule has 0 amide bonds. The number of hydrogen-bond acceptors (Lipinski definition) is 35. The quantitative estimate of drug-likeness (QED) is 0.0667. The Morgan fingerprint density at radius 1 is 0.567 bits per heavy atom. The number of aromatic amines is 2. The standard InChI is InChI=1S/C21H24FN9O11P2S.C20H23FN10O11P2S/c22-10-14-9(40-19(10)30-5-26-11-7(23)1-2-25-16(11)30)4-38-44(36,45)42-15-13(32)8(3-37-43(34,35)41-14)39-20(15)31-6-27-12-17(31)28-21(24)29-18(12)33;21-8-12-7(40-18(8)30-4-26-9-14(22)24-3-25-15(9)30)2-38-44(36,45)42-13-11(32)6(1-37-43(34,35)41-12)39-19(13)31-5-27-10-16(31)28-20(23)29-17(10)33/h1-2,5-6,8-10,13-15,19-20,32H,3-4H2,(H2,23,25)(H,34,35)(H,36,45)(H3,24,28,29,33);3-8,11-13,18-19,32H,1-2H2,(H,34,35)(H,36,45)(H2,22,24,25)(H3,23,28,29,33)/p-2/t8-,9-,10+,13+,14?,15?,19-,20-,44?;6-,7-,8+,11+,12?,13?,18-,19-,44?/m11/s1. The van der Waals surface area contributed by atoms with E-state index in [4.69, 9.17) is 102 Å². The fourth-order valence-corrected chi connectivity index (χ4v) is 15.3. The molecule has 0 saturated carbocycles. The first-order chi connectivity index (χ1) is 42.6. The highest BCUT2D eigenvalue weighted by atomic mass is 32.7. The molecule has 14 heterocycles. The zero-order chi connectivity index (χ0) is 63.7. The van der Waals surface area contributed by atoms with Gasteiger partial charge in [-0.25, -0.2) is 52.8 Å². The number of phosphoric acid groups is 2. The number of nitrogen functional groups attached to an aromatic ring is 4. The van der Waals surface area contributed by atoms with Crippen LogP contribution in [0.5, 0.6) is 0 Å². The molecule has 41 nitrogen and oxygen atoms in total. The van der Waals surface area contributed by atoms with E-state index in [1.807, 2.05) is 0 Å². The lowest BCUT2D eigenvalue weighted by Crippen LogP contribution is -2.36. The van der Waals surface area contributed by atoms with Gasteiger partial charge in [-0.3, -0.25) is 60.5 Å². The molecule has 6 saturated heterocycles. The Balaban J connectivity index is 0.000000165. The van der Waals surface area contributed by atoms with E-state index in [0.29, 0.717) is 0 Å². The number of H-pyrrole nitrogens is 2. The number of nitrogens with zero attached hydrogens (tertiary/aromatic N) is 13. The monoisotopic (exact) mass is 1380 g/mol. The summed E-state index contributed by atoms with van der Waals surface area (Å²) in [4.78, 5) is 99.9. The van der Waals surface area contributed by atoms with E-state index in [0.717, 1.165) is 28.1 Å². The molecule has 6 aliphatic heterocycles. The molecule has 8 aromatic rings. The zero-order valence-electron chi connectivity index (χ0n) is 44.7. The van der Waals surface area contributed by atoms with Crippen LogP contribution >= 0.6 is 29.2 Å². The third kappa shape index (κ3) is 11.7. The fourth-order valence-electron chi connectivity index (χ4n) is 10.6. The summed E-state index contributed by atoms with van der Waals surface area (Å²) in [6.45, 7) is -12.3. The van der Waals surface area contributed by atoms with Crippen LogP contribution in [-0.2, 0) is 92.9 Å². The van der Waals surface area contributed by atoms with Crippen LogP contribution < -0.4 is 38.9 Å². The van der Waals surface area contributed by atoms with Gasteiger partial charge in [-0.1, -0.05) is 11.8 Å². The van der Waals surface area contributed by atoms with Crippen molar-refractivity contribution in [3.8, 4) is 0 Å². The van der Waals surface area contributed by atoms with Gasteiger partial charge in [0.2, 0.25) is 18.7 Å². The molecular weight excluding hydrogens is 1340 g/mol. The van der Waals surface area contributed by atoms with Crippen molar-refractivity contribution >= 4 is 121 Å². The molecule has 8 unspecified atom stereocenters. The van der Waals surface area contributed by atoms with Crippen LogP contribution in [-0.4, -0.2) is 193 Å². The summed E-state index contributed by atoms with van der Waals surface area (Å²) in [6.07, 6.45) is -19.1. The highest BCUT2D eigenvalue weighted by Crippen LogP contribution is 2.56. The van der Waals surface area contributed by atoms with Crippen LogP contribution in [0.15, 0.2) is 53.5 Å². The van der Waals surface area contributed by atoms with Crippen molar-refractivity contribution in [1.82, 2.24) is 73.1 Å². The average molecular weight is 1380 g/mol. The summed E-state index contributed by atoms with van der Waals surface area (Å²) in [5, 5.41) is 22.1. The summed E-state index contributed by atoms with van der Waals surface area (Å²) < 4.78 is 142. The van der Waals surface area contributed by atoms with E-state index in [2.05, 4.69) is 54.8 Å². The molecule has 4 bridgehead atoms. The molecule has 6 aliphatic rings. The molecule has 90 heavy (non-hydrogen) atoms. The smallest absolute Gasteiger partial charge is 0.472 e. The van der Waals surface area contributed by atoms with Crippen molar-refractivity contribution in [2.24, 2.45) is 0 Å². The molecule has 49 heteroatoms. The first-order valence-electron chi connectivity index (χ1n) is 25.9. The number of aliphatic hydroxyl groups is 2. The Hall–Kier alpha value is -6.06. The van der Waals surface area contributed by atoms with E-state index in [-0.39, 0.29) is 68.1 Å². The van der Waals surface area contributed by atoms with Gasteiger partial charge < -0.3 is 97.1 Å². The summed E-state index contributed by atoms with van der Waals surface area (Å²) in [5.74, 6) is -0.515. The number of alkyl halides is 2. The van der Waals surface area contributed by atoms with Crippen molar-refractivity contribution in [2.45, 2.75) is 98.3 Å². The molecule has 6 fully saturated rings. The second-order valence-corrected chi connectivity index (χ2v) is 28.5. The van der Waals surface area contributed by atoms with Gasteiger partial charge in [0.15, 0.2) is 76.7 Å². The van der Waals surface area contributed by atoms with E-state index in [1.165, 1.54) is 34.1 Å². The Kier molecular flexibility index (Phi) is 16.4. The van der Waals surface area contributed by atoms with Gasteiger partial charge in [-0.2, -0.15) is 9.97 Å². The summed E-state index contributed by atoms with van der Waals surface area (Å²) in [6, 6.07) is 1.49. The summed E-state index contributed by atoms with van der Waals surface area (Å²) in [5.41, 5.74) is 22.1. The number of nitrogens with one attached hydrogen (secondary N) is 2. The molecule has 14 rings (SSSR count). The van der Waals surface area contributed by atoms with Crippen LogP contribution in [0, 0.1) is 0 Å². The van der Waals surface area contributed by atoms with Crippen molar-refractivity contribution in [1.29, 1.82) is 0 Å². The number of aliphatic hydroxyl groups excluding tert-OH is 2. The van der Waals surface area contributed by atoms with Crippen LogP contribution in [0.3, 0.4) is 0 Å². The third-order valence-corrected chi connectivity index (χ3v) is 19.7. The van der Waals surface area contributed by atoms with Crippen molar-refractivity contribution in [3.63, 3.8) is 0 Å². The minimum Gasteiger partial charge on any atom is -0.780 e. The number of ether oxygens (including phenoxy) is 4. The minimum atomic E-state index is -5.11. The Morgan fingerprint density at radius 3 is 1.52 bits per heavy atom. The molecule has 20 atom stereocenters. The molecule has 484 valence electrons. The van der Waals surface area contributed by atoms with Gasteiger partial charge in [0.05, 0.1) is 57.4 Å². The maximum atomic E-state index is 15.9. The van der Waals surface area contributed by atoms with E-state index < -0.39 is 165 Å². The number of anilines is 4.